The van der Waals surface area contributed by atoms with Gasteiger partial charge in [-0.1, -0.05) is 34.6 Å². The highest BCUT2D eigenvalue weighted by Crippen LogP contribution is 2.37. The average Bonchev–Trinajstić information content (AvgIpc) is 2.86. The zero-order valence-electron chi connectivity index (χ0n) is 13.9. The Morgan fingerprint density at radius 2 is 1.75 bits per heavy atom. The van der Waals surface area contributed by atoms with Crippen molar-refractivity contribution in [2.45, 2.75) is 46.8 Å². The number of nitrogens with one attached hydrogen (secondary N) is 2. The molecule has 0 saturated carbocycles. The molecule has 3 N–H and O–H groups in total. The summed E-state index contributed by atoms with van der Waals surface area (Å²) >= 11 is 0.490. The van der Waals surface area contributed by atoms with Crippen molar-refractivity contribution in [1.82, 2.24) is 15.8 Å². The number of thiazole rings is 1. The van der Waals surface area contributed by atoms with Gasteiger partial charge in [-0.15, -0.1) is 11.3 Å². The summed E-state index contributed by atoms with van der Waals surface area (Å²) < 4.78 is 39.2. The van der Waals surface area contributed by atoms with E-state index in [-0.39, 0.29) is 16.8 Å². The van der Waals surface area contributed by atoms with Crippen LogP contribution in [0.15, 0.2) is 0 Å². The van der Waals surface area contributed by atoms with Gasteiger partial charge in [-0.2, -0.15) is 13.2 Å². The second-order valence-electron chi connectivity index (χ2n) is 6.61. The molecule has 1 aromatic rings. The van der Waals surface area contributed by atoms with Crippen molar-refractivity contribution in [3.8, 4) is 0 Å². The lowest BCUT2D eigenvalue weighted by Gasteiger charge is -2.25. The molecule has 1 rings (SSSR count). The molecule has 24 heavy (non-hydrogen) atoms. The van der Waals surface area contributed by atoms with Crippen molar-refractivity contribution >= 4 is 23.2 Å². The first kappa shape index (κ1) is 20.4. The van der Waals surface area contributed by atoms with Crippen molar-refractivity contribution in [1.29, 1.82) is 0 Å². The zero-order valence-corrected chi connectivity index (χ0v) is 14.7. The van der Waals surface area contributed by atoms with Gasteiger partial charge in [0.05, 0.1) is 6.04 Å². The molecule has 0 unspecified atom stereocenters. The van der Waals surface area contributed by atoms with Gasteiger partial charge < -0.3 is 5.32 Å². The summed E-state index contributed by atoms with van der Waals surface area (Å²) in [7, 11) is 0. The van der Waals surface area contributed by atoms with E-state index in [0.717, 1.165) is 0 Å². The van der Waals surface area contributed by atoms with Gasteiger partial charge in [-0.3, -0.25) is 14.8 Å². The minimum absolute atomic E-state index is 0.0477. The first-order valence-corrected chi connectivity index (χ1v) is 7.94. The lowest BCUT2D eigenvalue weighted by Crippen LogP contribution is -2.39. The third kappa shape index (κ3) is 4.67. The van der Waals surface area contributed by atoms with Crippen molar-refractivity contribution < 1.29 is 28.0 Å². The number of alkyl halides is 3. The van der Waals surface area contributed by atoms with Gasteiger partial charge in [-0.25, -0.2) is 10.5 Å². The number of carbonyl (C=O) groups excluding carboxylic acids is 2. The monoisotopic (exact) mass is 367 g/mol. The van der Waals surface area contributed by atoms with Gasteiger partial charge in [0.1, 0.15) is 9.88 Å². The largest absolute Gasteiger partial charge is 0.435 e. The third-order valence-corrected chi connectivity index (χ3v) is 4.26. The molecule has 0 aliphatic heterocycles. The van der Waals surface area contributed by atoms with Crippen LogP contribution in [0.1, 0.15) is 61.0 Å². The fourth-order valence-electron chi connectivity index (χ4n) is 1.74. The van der Waals surface area contributed by atoms with Gasteiger partial charge in [-0.05, 0) is 5.92 Å². The first-order chi connectivity index (χ1) is 10.8. The Morgan fingerprint density at radius 3 is 2.12 bits per heavy atom. The molecule has 0 spiro atoms. The summed E-state index contributed by atoms with van der Waals surface area (Å²) in [6.07, 6.45) is -4.86. The van der Waals surface area contributed by atoms with Crippen LogP contribution in [0.2, 0.25) is 0 Å². The Hall–Kier alpha value is -1.68. The van der Waals surface area contributed by atoms with Crippen LogP contribution < -0.4 is 10.8 Å². The van der Waals surface area contributed by atoms with E-state index in [2.05, 4.69) is 10.3 Å². The quantitative estimate of drug-likeness (QED) is 0.563. The molecule has 0 fully saturated rings. The van der Waals surface area contributed by atoms with E-state index in [4.69, 9.17) is 5.21 Å². The predicted molar refractivity (Wildman–Crippen MR) is 81.5 cm³/mol. The van der Waals surface area contributed by atoms with Crippen molar-refractivity contribution in [3.05, 3.63) is 15.6 Å². The number of nitrogens with zero attached hydrogens (tertiary/aromatic N) is 1. The van der Waals surface area contributed by atoms with Gasteiger partial charge in [0.2, 0.25) is 5.91 Å². The number of carbonyl (C=O) groups is 2. The van der Waals surface area contributed by atoms with E-state index in [1.165, 1.54) is 5.48 Å². The molecule has 10 heteroatoms. The van der Waals surface area contributed by atoms with Crippen LogP contribution in [0.25, 0.3) is 0 Å². The Bertz CT molecular complexity index is 621. The summed E-state index contributed by atoms with van der Waals surface area (Å²) in [5.74, 6) is -1.90. The van der Waals surface area contributed by atoms with Crippen molar-refractivity contribution in [2.24, 2.45) is 11.3 Å². The second-order valence-corrected chi connectivity index (χ2v) is 7.64. The average molecular weight is 367 g/mol. The number of amides is 2. The molecule has 0 aliphatic carbocycles. The van der Waals surface area contributed by atoms with E-state index in [0.29, 0.717) is 11.3 Å². The first-order valence-electron chi connectivity index (χ1n) is 7.12. The lowest BCUT2D eigenvalue weighted by molar-refractivity contribution is -0.141. The normalized spacial score (nSPS) is 13.8. The highest BCUT2D eigenvalue weighted by atomic mass is 32.1. The Balaban J connectivity index is 3.33. The van der Waals surface area contributed by atoms with Crippen LogP contribution in [0.5, 0.6) is 0 Å². The Morgan fingerprint density at radius 1 is 1.21 bits per heavy atom. The molecule has 0 aromatic carbocycles. The van der Waals surface area contributed by atoms with Crippen LogP contribution in [-0.2, 0) is 11.0 Å². The number of hydrogen-bond donors (Lipinski definition) is 3. The van der Waals surface area contributed by atoms with Crippen LogP contribution >= 0.6 is 11.3 Å². The topological polar surface area (TPSA) is 91.3 Å². The molecule has 0 saturated heterocycles. The summed E-state index contributed by atoms with van der Waals surface area (Å²) in [4.78, 5) is 26.4. The van der Waals surface area contributed by atoms with E-state index in [1.807, 2.05) is 0 Å². The SMILES string of the molecule is CC(C)[C@H](NC(=O)C(C)(C)C)c1nc(C(F)(F)F)c(C(=O)NO)s1. The Kier molecular flexibility index (Phi) is 5.99. The zero-order chi connectivity index (χ0) is 18.9. The molecule has 1 heterocycles. The molecule has 136 valence electrons. The standard InChI is InChI=1S/C14H20F3N3O3S/c1-6(2)7(18-12(22)13(3,4)5)11-19-9(14(15,16)17)8(24-11)10(21)20-23/h6-7,23H,1-5H3,(H,18,22)(H,20,21)/t7-/m0/s1. The summed E-state index contributed by atoms with van der Waals surface area (Å²) in [5.41, 5.74) is -0.934. The van der Waals surface area contributed by atoms with Crippen LogP contribution in [0, 0.1) is 11.3 Å². The van der Waals surface area contributed by atoms with Crippen LogP contribution in [0.4, 0.5) is 13.2 Å². The van der Waals surface area contributed by atoms with E-state index >= 15 is 0 Å². The number of hydrogen-bond acceptors (Lipinski definition) is 5. The molecule has 6 nitrogen and oxygen atoms in total. The van der Waals surface area contributed by atoms with Crippen LogP contribution in [-0.4, -0.2) is 22.0 Å². The summed E-state index contributed by atoms with van der Waals surface area (Å²) in [5, 5.41) is 11.3. The molecule has 0 radical (unpaired) electrons. The summed E-state index contributed by atoms with van der Waals surface area (Å²) in [6.45, 7) is 8.45. The molecule has 1 aromatic heterocycles. The smallest absolute Gasteiger partial charge is 0.346 e. The predicted octanol–water partition coefficient (Wildman–Crippen LogP) is 3.14. The van der Waals surface area contributed by atoms with E-state index < -0.39 is 34.1 Å². The molecule has 0 aliphatic rings. The van der Waals surface area contributed by atoms with Gasteiger partial charge in [0, 0.05) is 5.41 Å². The highest BCUT2D eigenvalue weighted by Gasteiger charge is 2.41. The molecular weight excluding hydrogens is 347 g/mol. The third-order valence-electron chi connectivity index (χ3n) is 3.12. The van der Waals surface area contributed by atoms with Gasteiger partial charge in [0.15, 0.2) is 5.69 Å². The minimum atomic E-state index is -4.86. The fraction of sp³-hybridized carbons (Fsp3) is 0.643. The fourth-order valence-corrected chi connectivity index (χ4v) is 2.94. The minimum Gasteiger partial charge on any atom is -0.346 e. The molecule has 0 bridgehead atoms. The van der Waals surface area contributed by atoms with Crippen LogP contribution in [0.3, 0.4) is 0 Å². The van der Waals surface area contributed by atoms with E-state index in [1.54, 1.807) is 34.6 Å². The summed E-state index contributed by atoms with van der Waals surface area (Å²) in [6, 6.07) is -0.789. The van der Waals surface area contributed by atoms with E-state index in [9.17, 15) is 22.8 Å². The maximum Gasteiger partial charge on any atom is 0.435 e. The number of aromatic nitrogens is 1. The number of hydroxylamine groups is 1. The number of rotatable bonds is 4. The lowest BCUT2D eigenvalue weighted by atomic mass is 9.94. The van der Waals surface area contributed by atoms with Gasteiger partial charge in [0.25, 0.3) is 5.91 Å². The Labute approximate surface area is 141 Å². The maximum atomic E-state index is 13.1. The molecular formula is C14H20F3N3O3S. The maximum absolute atomic E-state index is 13.1. The molecule has 2 amide bonds. The number of halogens is 3. The second kappa shape index (κ2) is 7.06. The van der Waals surface area contributed by atoms with Crippen molar-refractivity contribution in [2.75, 3.05) is 0 Å². The van der Waals surface area contributed by atoms with Gasteiger partial charge >= 0.3 is 6.18 Å². The molecule has 1 atom stereocenters. The highest BCUT2D eigenvalue weighted by molar-refractivity contribution is 7.13. The van der Waals surface area contributed by atoms with Crippen molar-refractivity contribution in [3.63, 3.8) is 0 Å².